The van der Waals surface area contributed by atoms with Crippen molar-refractivity contribution in [3.05, 3.63) is 53.3 Å². The highest BCUT2D eigenvalue weighted by molar-refractivity contribution is 6.32. The molecule has 2 aromatic rings. The number of nitrogens with zero attached hydrogens (tertiary/aromatic N) is 1. The SMILES string of the molecule is CC(CN)C(=O)Nc1ccc(OCc2cccnc2)c(Cl)c1.Cl.Cl. The van der Waals surface area contributed by atoms with E-state index in [9.17, 15) is 4.79 Å². The lowest BCUT2D eigenvalue weighted by molar-refractivity contribution is -0.119. The van der Waals surface area contributed by atoms with Gasteiger partial charge >= 0.3 is 0 Å². The molecule has 0 saturated heterocycles. The molecule has 8 heteroatoms. The summed E-state index contributed by atoms with van der Waals surface area (Å²) in [5, 5.41) is 3.20. The van der Waals surface area contributed by atoms with Crippen molar-refractivity contribution < 1.29 is 9.53 Å². The molecule has 0 radical (unpaired) electrons. The summed E-state index contributed by atoms with van der Waals surface area (Å²) in [5.41, 5.74) is 7.03. The van der Waals surface area contributed by atoms with E-state index in [1.54, 1.807) is 37.5 Å². The first-order valence-corrected chi connectivity index (χ1v) is 7.30. The highest BCUT2D eigenvalue weighted by Crippen LogP contribution is 2.28. The van der Waals surface area contributed by atoms with Gasteiger partial charge in [0.25, 0.3) is 0 Å². The number of halogens is 3. The zero-order valence-electron chi connectivity index (χ0n) is 13.1. The number of pyridine rings is 1. The number of nitrogens with two attached hydrogens (primary N) is 1. The van der Waals surface area contributed by atoms with Gasteiger partial charge in [0.15, 0.2) is 0 Å². The van der Waals surface area contributed by atoms with Gasteiger partial charge in [-0.2, -0.15) is 0 Å². The van der Waals surface area contributed by atoms with Crippen molar-refractivity contribution in [1.29, 1.82) is 0 Å². The van der Waals surface area contributed by atoms with Crippen molar-refractivity contribution >= 4 is 48.0 Å². The predicted molar refractivity (Wildman–Crippen MR) is 101 cm³/mol. The Morgan fingerprint density at radius 2 is 2.12 bits per heavy atom. The van der Waals surface area contributed by atoms with Crippen molar-refractivity contribution in [3.8, 4) is 5.75 Å². The fourth-order valence-electron chi connectivity index (χ4n) is 1.71. The summed E-state index contributed by atoms with van der Waals surface area (Å²) in [6.45, 7) is 2.44. The molecule has 1 aromatic carbocycles. The van der Waals surface area contributed by atoms with Crippen LogP contribution < -0.4 is 15.8 Å². The van der Waals surface area contributed by atoms with Crippen molar-refractivity contribution in [1.82, 2.24) is 4.98 Å². The van der Waals surface area contributed by atoms with Crippen LogP contribution in [-0.2, 0) is 11.4 Å². The fourth-order valence-corrected chi connectivity index (χ4v) is 1.95. The molecule has 1 unspecified atom stereocenters. The van der Waals surface area contributed by atoms with Crippen LogP contribution in [0, 0.1) is 5.92 Å². The van der Waals surface area contributed by atoms with E-state index < -0.39 is 0 Å². The van der Waals surface area contributed by atoms with E-state index in [1.165, 1.54) is 0 Å². The van der Waals surface area contributed by atoms with E-state index in [2.05, 4.69) is 10.3 Å². The number of hydrogen-bond donors (Lipinski definition) is 2. The number of carbonyl (C=O) groups excluding carboxylic acids is 1. The van der Waals surface area contributed by atoms with Gasteiger partial charge in [0, 0.05) is 36.1 Å². The summed E-state index contributed by atoms with van der Waals surface area (Å²) in [6.07, 6.45) is 3.44. The average molecular weight is 393 g/mol. The van der Waals surface area contributed by atoms with Crippen LogP contribution in [0.25, 0.3) is 0 Å². The van der Waals surface area contributed by atoms with Crippen LogP contribution in [0.3, 0.4) is 0 Å². The summed E-state index contributed by atoms with van der Waals surface area (Å²) in [6, 6.07) is 8.88. The molecule has 0 bridgehead atoms. The van der Waals surface area contributed by atoms with Crippen LogP contribution in [0.2, 0.25) is 5.02 Å². The molecule has 1 heterocycles. The Balaban J connectivity index is 0.00000264. The summed E-state index contributed by atoms with van der Waals surface area (Å²) < 4.78 is 5.65. The number of nitrogens with one attached hydrogen (secondary N) is 1. The lowest BCUT2D eigenvalue weighted by Crippen LogP contribution is -2.26. The Morgan fingerprint density at radius 1 is 1.38 bits per heavy atom. The minimum absolute atomic E-state index is 0. The zero-order valence-corrected chi connectivity index (χ0v) is 15.5. The predicted octanol–water partition coefficient (Wildman–Crippen LogP) is 3.69. The number of anilines is 1. The average Bonchev–Trinajstić information content (AvgIpc) is 2.54. The second-order valence-corrected chi connectivity index (χ2v) is 5.33. The second kappa shape index (κ2) is 11.1. The zero-order chi connectivity index (χ0) is 15.9. The number of benzene rings is 1. The summed E-state index contributed by atoms with van der Waals surface area (Å²) in [7, 11) is 0. The molecule has 132 valence electrons. The number of hydrogen-bond acceptors (Lipinski definition) is 4. The lowest BCUT2D eigenvalue weighted by Gasteiger charge is -2.12. The summed E-state index contributed by atoms with van der Waals surface area (Å²) in [4.78, 5) is 15.8. The monoisotopic (exact) mass is 391 g/mol. The molecule has 1 amide bonds. The van der Waals surface area contributed by atoms with E-state index in [1.807, 2.05) is 12.1 Å². The summed E-state index contributed by atoms with van der Waals surface area (Å²) >= 11 is 6.18. The third-order valence-corrected chi connectivity index (χ3v) is 3.41. The maximum absolute atomic E-state index is 11.8. The normalized spacial score (nSPS) is 10.8. The van der Waals surface area contributed by atoms with E-state index in [4.69, 9.17) is 22.1 Å². The molecule has 1 aromatic heterocycles. The van der Waals surface area contributed by atoms with E-state index >= 15 is 0 Å². The Hall–Kier alpha value is -1.53. The van der Waals surface area contributed by atoms with Crippen molar-refractivity contribution in [2.45, 2.75) is 13.5 Å². The van der Waals surface area contributed by atoms with Gasteiger partial charge in [-0.3, -0.25) is 9.78 Å². The van der Waals surface area contributed by atoms with Gasteiger partial charge in [0.2, 0.25) is 5.91 Å². The van der Waals surface area contributed by atoms with Gasteiger partial charge < -0.3 is 15.8 Å². The molecule has 2 rings (SSSR count). The molecule has 3 N–H and O–H groups in total. The summed E-state index contributed by atoms with van der Waals surface area (Å²) in [5.74, 6) is 0.165. The fraction of sp³-hybridized carbons (Fsp3) is 0.250. The molecule has 1 atom stereocenters. The Morgan fingerprint density at radius 3 is 2.71 bits per heavy atom. The maximum Gasteiger partial charge on any atom is 0.228 e. The minimum Gasteiger partial charge on any atom is -0.487 e. The maximum atomic E-state index is 11.8. The molecule has 0 fully saturated rings. The molecule has 0 aliphatic rings. The Labute approximate surface area is 158 Å². The van der Waals surface area contributed by atoms with Crippen LogP contribution in [-0.4, -0.2) is 17.4 Å². The standard InChI is InChI=1S/C16H18ClN3O2.2ClH/c1-11(8-18)16(21)20-13-4-5-15(14(17)7-13)22-10-12-3-2-6-19-9-12;;/h2-7,9,11H,8,10,18H2,1H3,(H,20,21);2*1H. The number of ether oxygens (including phenoxy) is 1. The third kappa shape index (κ3) is 6.53. The van der Waals surface area contributed by atoms with Gasteiger partial charge in [0.05, 0.1) is 5.02 Å². The molecule has 0 aliphatic carbocycles. The van der Waals surface area contributed by atoms with Crippen LogP contribution in [0.15, 0.2) is 42.7 Å². The first-order chi connectivity index (χ1) is 10.6. The number of amides is 1. The second-order valence-electron chi connectivity index (χ2n) is 4.92. The Bertz CT molecular complexity index is 642. The smallest absolute Gasteiger partial charge is 0.228 e. The largest absolute Gasteiger partial charge is 0.487 e. The van der Waals surface area contributed by atoms with Crippen molar-refractivity contribution in [2.75, 3.05) is 11.9 Å². The molecule has 0 saturated carbocycles. The molecule has 24 heavy (non-hydrogen) atoms. The first-order valence-electron chi connectivity index (χ1n) is 6.92. The minimum atomic E-state index is -0.250. The van der Waals surface area contributed by atoms with E-state index in [0.717, 1.165) is 5.56 Å². The van der Waals surface area contributed by atoms with Crippen LogP contribution >= 0.6 is 36.4 Å². The lowest BCUT2D eigenvalue weighted by atomic mass is 10.1. The highest BCUT2D eigenvalue weighted by atomic mass is 35.5. The van der Waals surface area contributed by atoms with Crippen LogP contribution in [0.1, 0.15) is 12.5 Å². The molecular formula is C16H20Cl3N3O2. The van der Waals surface area contributed by atoms with Gasteiger partial charge in [-0.25, -0.2) is 0 Å². The van der Waals surface area contributed by atoms with Gasteiger partial charge in [-0.1, -0.05) is 24.6 Å². The number of rotatable bonds is 6. The van der Waals surface area contributed by atoms with Gasteiger partial charge in [0.1, 0.15) is 12.4 Å². The molecule has 0 spiro atoms. The quantitative estimate of drug-likeness (QED) is 0.786. The first kappa shape index (κ1) is 22.5. The molecular weight excluding hydrogens is 373 g/mol. The van der Waals surface area contributed by atoms with Crippen molar-refractivity contribution in [3.63, 3.8) is 0 Å². The van der Waals surface area contributed by atoms with Crippen LogP contribution in [0.4, 0.5) is 5.69 Å². The Kier molecular flexibility index (Phi) is 10.4. The molecule has 5 nitrogen and oxygen atoms in total. The van der Waals surface area contributed by atoms with Crippen molar-refractivity contribution in [2.24, 2.45) is 11.7 Å². The molecule has 0 aliphatic heterocycles. The number of carbonyl (C=O) groups is 1. The van der Waals surface area contributed by atoms with E-state index in [-0.39, 0.29) is 36.6 Å². The topological polar surface area (TPSA) is 77.2 Å². The number of aromatic nitrogens is 1. The highest BCUT2D eigenvalue weighted by Gasteiger charge is 2.12. The van der Waals surface area contributed by atoms with Gasteiger partial charge in [-0.15, -0.1) is 24.8 Å². The third-order valence-electron chi connectivity index (χ3n) is 3.12. The van der Waals surface area contributed by atoms with Crippen LogP contribution in [0.5, 0.6) is 5.75 Å². The van der Waals surface area contributed by atoms with E-state index in [0.29, 0.717) is 29.6 Å². The van der Waals surface area contributed by atoms with Gasteiger partial charge in [-0.05, 0) is 24.3 Å².